The van der Waals surface area contributed by atoms with Crippen LogP contribution in [0.1, 0.15) is 51.9 Å². The van der Waals surface area contributed by atoms with E-state index in [9.17, 15) is 13.6 Å². The van der Waals surface area contributed by atoms with Crippen molar-refractivity contribution >= 4 is 11.9 Å². The summed E-state index contributed by atoms with van der Waals surface area (Å²) in [6.07, 6.45) is 1.94. The molecule has 4 N–H and O–H groups in total. The molecule has 2 saturated carbocycles. The van der Waals surface area contributed by atoms with Crippen LogP contribution in [-0.4, -0.2) is 56.2 Å². The van der Waals surface area contributed by atoms with Crippen molar-refractivity contribution in [1.82, 2.24) is 21.5 Å². The molecule has 28 heavy (non-hydrogen) atoms. The molecular weight excluding hydrogens is 368 g/mol. The molecule has 1 saturated heterocycles. The Kier molecular flexibility index (Phi) is 7.99. The molecule has 1 aliphatic heterocycles. The molecule has 3 aliphatic rings. The minimum absolute atomic E-state index is 0.0352. The Labute approximate surface area is 165 Å². The number of amides is 1. The van der Waals surface area contributed by atoms with E-state index in [2.05, 4.69) is 26.5 Å². The number of rotatable bonds is 6. The van der Waals surface area contributed by atoms with Crippen LogP contribution < -0.4 is 21.5 Å². The Morgan fingerprint density at radius 1 is 1.14 bits per heavy atom. The van der Waals surface area contributed by atoms with Crippen molar-refractivity contribution in [3.8, 4) is 0 Å². The van der Waals surface area contributed by atoms with Crippen LogP contribution in [0.25, 0.3) is 0 Å². The van der Waals surface area contributed by atoms with Gasteiger partial charge in [-0.05, 0) is 39.0 Å². The lowest BCUT2D eigenvalue weighted by Gasteiger charge is -2.29. The van der Waals surface area contributed by atoms with Crippen LogP contribution in [0.15, 0.2) is 4.99 Å². The van der Waals surface area contributed by atoms with E-state index in [0.29, 0.717) is 44.1 Å². The van der Waals surface area contributed by atoms with Crippen molar-refractivity contribution in [1.29, 1.82) is 0 Å². The third-order valence-corrected chi connectivity index (χ3v) is 5.98. The molecule has 0 aromatic rings. The monoisotopic (exact) mass is 401 g/mol. The number of hydrogen-bond acceptors (Lipinski definition) is 5. The molecule has 6 atom stereocenters. The Morgan fingerprint density at radius 3 is 2.75 bits per heavy atom. The quantitative estimate of drug-likeness (QED) is 0.308. The fraction of sp³-hybridized carbons (Fsp3) is 0.895. The highest BCUT2D eigenvalue weighted by atomic mass is 19.2. The number of halogens is 2. The highest BCUT2D eigenvalue weighted by molar-refractivity contribution is 5.98. The number of nitrogens with zero attached hydrogens (tertiary/aromatic N) is 1. The minimum atomic E-state index is -1.57. The smallest absolute Gasteiger partial charge is 0.229 e. The standard InChI is InChI=1S/C19H33F2N5O2/c1-2-28-10-9-22-19(23-17-13-5-3-4-6-16(13)25-26-17)24-18(27)12-7-8-14(20)15(21)11-12/h12-17,25-26H,2-11H2,1H3,(H2,22,23,24,27). The van der Waals surface area contributed by atoms with Crippen LogP contribution in [0.5, 0.6) is 0 Å². The molecule has 1 heterocycles. The van der Waals surface area contributed by atoms with Crippen molar-refractivity contribution in [2.45, 2.75) is 76.4 Å². The molecule has 160 valence electrons. The zero-order chi connectivity index (χ0) is 19.9. The van der Waals surface area contributed by atoms with Gasteiger partial charge in [0, 0.05) is 24.5 Å². The first kappa shape index (κ1) is 21.4. The van der Waals surface area contributed by atoms with Gasteiger partial charge in [-0.25, -0.2) is 14.2 Å². The van der Waals surface area contributed by atoms with Gasteiger partial charge in [-0.15, -0.1) is 0 Å². The van der Waals surface area contributed by atoms with Crippen molar-refractivity contribution in [3.05, 3.63) is 0 Å². The number of nitrogens with one attached hydrogen (secondary N) is 4. The van der Waals surface area contributed by atoms with Gasteiger partial charge in [0.1, 0.15) is 12.3 Å². The molecule has 0 aromatic carbocycles. The summed E-state index contributed by atoms with van der Waals surface area (Å²) in [4.78, 5) is 17.1. The highest BCUT2D eigenvalue weighted by Crippen LogP contribution is 2.30. The molecule has 0 bridgehead atoms. The first-order chi connectivity index (χ1) is 13.6. The Morgan fingerprint density at radius 2 is 1.96 bits per heavy atom. The number of aliphatic imine (C=N–C) groups is 1. The average Bonchev–Trinajstić information content (AvgIpc) is 3.10. The zero-order valence-corrected chi connectivity index (χ0v) is 16.6. The molecular formula is C19H33F2N5O2. The molecule has 0 radical (unpaired) electrons. The second kappa shape index (κ2) is 10.5. The Bertz CT molecular complexity index is 550. The summed E-state index contributed by atoms with van der Waals surface area (Å²) < 4.78 is 32.4. The molecule has 2 aliphatic carbocycles. The first-order valence-corrected chi connectivity index (χ1v) is 10.6. The van der Waals surface area contributed by atoms with E-state index in [1.807, 2.05) is 6.92 Å². The van der Waals surface area contributed by atoms with Crippen molar-refractivity contribution in [2.75, 3.05) is 19.8 Å². The van der Waals surface area contributed by atoms with E-state index >= 15 is 0 Å². The molecule has 3 fully saturated rings. The molecule has 6 unspecified atom stereocenters. The van der Waals surface area contributed by atoms with E-state index in [4.69, 9.17) is 4.74 Å². The number of alkyl halides is 2. The number of carbonyl (C=O) groups is 1. The summed E-state index contributed by atoms with van der Waals surface area (Å²) in [5.41, 5.74) is 6.58. The SMILES string of the molecule is CCOCCN=C(NC(=O)C1CCC(F)C(F)C1)NC1NNC2CCCCC21. The number of ether oxygens (including phenoxy) is 1. The van der Waals surface area contributed by atoms with Gasteiger partial charge in [0.15, 0.2) is 5.96 Å². The van der Waals surface area contributed by atoms with Crippen molar-refractivity contribution < 1.29 is 18.3 Å². The van der Waals surface area contributed by atoms with Crippen molar-refractivity contribution in [2.24, 2.45) is 16.8 Å². The topological polar surface area (TPSA) is 86.8 Å². The lowest BCUT2D eigenvalue weighted by atomic mass is 9.84. The maximum atomic E-state index is 13.7. The number of hydrazine groups is 1. The van der Waals surface area contributed by atoms with E-state index in [0.717, 1.165) is 12.8 Å². The summed E-state index contributed by atoms with van der Waals surface area (Å²) in [6, 6.07) is 0.416. The molecule has 0 spiro atoms. The number of fused-ring (bicyclic) bond motifs is 1. The number of guanidine groups is 1. The molecule has 1 amide bonds. The van der Waals surface area contributed by atoms with Gasteiger partial charge in [-0.1, -0.05) is 12.8 Å². The van der Waals surface area contributed by atoms with Crippen LogP contribution in [0.3, 0.4) is 0 Å². The number of carbonyl (C=O) groups excluding carboxylic acids is 1. The van der Waals surface area contributed by atoms with E-state index in [1.165, 1.54) is 12.8 Å². The number of hydrogen-bond donors (Lipinski definition) is 4. The third kappa shape index (κ3) is 5.61. The zero-order valence-electron chi connectivity index (χ0n) is 16.6. The highest BCUT2D eigenvalue weighted by Gasteiger charge is 2.38. The van der Waals surface area contributed by atoms with Crippen LogP contribution in [0.2, 0.25) is 0 Å². The van der Waals surface area contributed by atoms with Crippen LogP contribution in [0.4, 0.5) is 8.78 Å². The summed E-state index contributed by atoms with van der Waals surface area (Å²) in [5, 5.41) is 6.11. The van der Waals surface area contributed by atoms with Gasteiger partial charge in [-0.2, -0.15) is 0 Å². The Hall–Kier alpha value is -1.32. The molecule has 9 heteroatoms. The van der Waals surface area contributed by atoms with Crippen LogP contribution in [0, 0.1) is 11.8 Å². The van der Waals surface area contributed by atoms with Gasteiger partial charge in [0.2, 0.25) is 5.91 Å². The second-order valence-electron chi connectivity index (χ2n) is 7.92. The molecule has 3 rings (SSSR count). The maximum absolute atomic E-state index is 13.7. The lowest BCUT2D eigenvalue weighted by molar-refractivity contribution is -0.125. The van der Waals surface area contributed by atoms with Crippen molar-refractivity contribution in [3.63, 3.8) is 0 Å². The van der Waals surface area contributed by atoms with Gasteiger partial charge in [0.25, 0.3) is 0 Å². The van der Waals surface area contributed by atoms with Gasteiger partial charge >= 0.3 is 0 Å². The van der Waals surface area contributed by atoms with Gasteiger partial charge in [-0.3, -0.25) is 20.5 Å². The fourth-order valence-electron chi connectivity index (χ4n) is 4.36. The first-order valence-electron chi connectivity index (χ1n) is 10.6. The van der Waals surface area contributed by atoms with Gasteiger partial charge in [0.05, 0.1) is 19.3 Å². The normalized spacial score (nSPS) is 36.0. The second-order valence-corrected chi connectivity index (χ2v) is 7.92. The lowest BCUT2D eigenvalue weighted by Crippen LogP contribution is -2.54. The third-order valence-electron chi connectivity index (χ3n) is 5.98. The van der Waals surface area contributed by atoms with Crippen LogP contribution in [-0.2, 0) is 9.53 Å². The van der Waals surface area contributed by atoms with E-state index in [1.54, 1.807) is 0 Å². The van der Waals surface area contributed by atoms with E-state index < -0.39 is 18.3 Å². The maximum Gasteiger partial charge on any atom is 0.229 e. The molecule has 0 aromatic heterocycles. The summed E-state index contributed by atoms with van der Waals surface area (Å²) in [5.74, 6) is -0.0470. The Balaban J connectivity index is 1.59. The van der Waals surface area contributed by atoms with Crippen LogP contribution >= 0.6 is 0 Å². The fourth-order valence-corrected chi connectivity index (χ4v) is 4.36. The largest absolute Gasteiger partial charge is 0.380 e. The van der Waals surface area contributed by atoms with E-state index in [-0.39, 0.29) is 24.9 Å². The van der Waals surface area contributed by atoms with Gasteiger partial charge < -0.3 is 10.1 Å². The summed E-state index contributed by atoms with van der Waals surface area (Å²) in [6.45, 7) is 3.39. The summed E-state index contributed by atoms with van der Waals surface area (Å²) >= 11 is 0. The average molecular weight is 402 g/mol. The summed E-state index contributed by atoms with van der Waals surface area (Å²) in [7, 11) is 0. The molecule has 7 nitrogen and oxygen atoms in total. The minimum Gasteiger partial charge on any atom is -0.380 e. The predicted octanol–water partition coefficient (Wildman–Crippen LogP) is 1.55. The predicted molar refractivity (Wildman–Crippen MR) is 103 cm³/mol.